The monoisotopic (exact) mass is 415 g/mol. The van der Waals surface area contributed by atoms with Crippen molar-refractivity contribution in [2.45, 2.75) is 82.5 Å². The van der Waals surface area contributed by atoms with E-state index < -0.39 is 11.0 Å². The second-order valence-corrected chi connectivity index (χ2v) is 12.2. The predicted molar refractivity (Wildman–Crippen MR) is 114 cm³/mol. The number of rotatable bonds is 2. The van der Waals surface area contributed by atoms with Gasteiger partial charge in [-0.2, -0.15) is 0 Å². The van der Waals surface area contributed by atoms with Crippen LogP contribution in [0.5, 0.6) is 0 Å². The zero-order valence-electron chi connectivity index (χ0n) is 18.1. The highest BCUT2D eigenvalue weighted by Crippen LogP contribution is 2.43. The molecule has 0 aromatic rings. The number of nitrogens with two attached hydrogens (primary N) is 1. The summed E-state index contributed by atoms with van der Waals surface area (Å²) in [6, 6.07) is 0.562. The molecule has 4 rings (SSSR count). The fourth-order valence-electron chi connectivity index (χ4n) is 4.98. The van der Waals surface area contributed by atoms with Crippen molar-refractivity contribution in [1.82, 2.24) is 10.0 Å². The van der Waals surface area contributed by atoms with Gasteiger partial charge >= 0.3 is 0 Å². The van der Waals surface area contributed by atoms with E-state index in [2.05, 4.69) is 10.0 Å². The Bertz CT molecular complexity index is 525. The average Bonchev–Trinajstić information content (AvgIpc) is 3.20. The number of piperidine rings is 1. The summed E-state index contributed by atoms with van der Waals surface area (Å²) in [5.74, 6) is 0. The van der Waals surface area contributed by atoms with E-state index in [9.17, 15) is 4.21 Å². The molecule has 3 saturated heterocycles. The standard InChI is InChI=1S/C13H25NO2S.C8H16N2O/c1-12(2,3)17(15)14-11-9-16-10-13(11)7-5-4-6-8-13;9-7-5-11-6-8(7)1-3-10-4-2-8/h11,14H,4-10H2,1-3H3;7,10H,1-6,9H2/t11-,17?;7-/m11/s1. The van der Waals surface area contributed by atoms with E-state index in [-0.39, 0.29) is 22.2 Å². The van der Waals surface area contributed by atoms with Gasteiger partial charge in [0.25, 0.3) is 0 Å². The van der Waals surface area contributed by atoms with E-state index in [1.54, 1.807) is 0 Å². The van der Waals surface area contributed by atoms with Crippen LogP contribution in [0.1, 0.15) is 65.7 Å². The van der Waals surface area contributed by atoms with Crippen LogP contribution in [0.15, 0.2) is 0 Å². The van der Waals surface area contributed by atoms with Crippen molar-refractivity contribution in [3.8, 4) is 0 Å². The first-order valence-corrected chi connectivity index (χ1v) is 12.2. The smallest absolute Gasteiger partial charge is 0.0973 e. The highest BCUT2D eigenvalue weighted by atomic mass is 32.2. The van der Waals surface area contributed by atoms with Gasteiger partial charge in [0.1, 0.15) is 0 Å². The van der Waals surface area contributed by atoms with Gasteiger partial charge in [-0.15, -0.1) is 0 Å². The molecule has 6 nitrogen and oxygen atoms in total. The maximum atomic E-state index is 12.2. The lowest BCUT2D eigenvalue weighted by atomic mass is 9.71. The van der Waals surface area contributed by atoms with Crippen molar-refractivity contribution in [1.29, 1.82) is 0 Å². The lowest BCUT2D eigenvalue weighted by Gasteiger charge is -2.38. The summed E-state index contributed by atoms with van der Waals surface area (Å²) >= 11 is 0. The highest BCUT2D eigenvalue weighted by Gasteiger charge is 2.46. The summed E-state index contributed by atoms with van der Waals surface area (Å²) in [5.41, 5.74) is 6.58. The van der Waals surface area contributed by atoms with Crippen molar-refractivity contribution in [3.05, 3.63) is 0 Å². The van der Waals surface area contributed by atoms with Crippen molar-refractivity contribution in [2.75, 3.05) is 39.5 Å². The van der Waals surface area contributed by atoms with Crippen molar-refractivity contribution >= 4 is 11.0 Å². The Balaban J connectivity index is 0.000000176. The van der Waals surface area contributed by atoms with Crippen molar-refractivity contribution in [2.24, 2.45) is 16.6 Å². The van der Waals surface area contributed by atoms with Crippen LogP contribution in [0, 0.1) is 10.8 Å². The second-order valence-electron chi connectivity index (χ2n) is 10.2. The SMILES string of the molecule is CC(C)(C)S(=O)N[C@@H]1COCC12CCCCC2.N[C@@H]1COCC12CCNCC2. The van der Waals surface area contributed by atoms with Crippen LogP contribution in [-0.2, 0) is 20.5 Å². The first-order valence-electron chi connectivity index (χ1n) is 11.1. The Morgan fingerprint density at radius 1 is 0.964 bits per heavy atom. The molecule has 0 aromatic carbocycles. The van der Waals surface area contributed by atoms with Gasteiger partial charge in [0, 0.05) is 16.9 Å². The second kappa shape index (κ2) is 9.40. The quantitative estimate of drug-likeness (QED) is 0.643. The van der Waals surface area contributed by atoms with Gasteiger partial charge < -0.3 is 20.5 Å². The van der Waals surface area contributed by atoms with Crippen LogP contribution in [0.4, 0.5) is 0 Å². The molecular formula is C21H41N3O3S. The van der Waals surface area contributed by atoms with Gasteiger partial charge in [0.05, 0.1) is 48.2 Å². The molecule has 1 unspecified atom stereocenters. The van der Waals surface area contributed by atoms with Crippen LogP contribution in [-0.4, -0.2) is 60.6 Å². The fraction of sp³-hybridized carbons (Fsp3) is 1.00. The fourth-order valence-corrected chi connectivity index (χ4v) is 5.91. The molecule has 7 heteroatoms. The molecular weight excluding hydrogens is 374 g/mol. The largest absolute Gasteiger partial charge is 0.379 e. The van der Waals surface area contributed by atoms with E-state index in [0.717, 1.165) is 39.5 Å². The molecule has 164 valence electrons. The molecule has 0 bridgehead atoms. The minimum absolute atomic E-state index is 0.196. The van der Waals surface area contributed by atoms with Gasteiger partial charge in [-0.05, 0) is 59.5 Å². The molecule has 2 spiro atoms. The van der Waals surface area contributed by atoms with E-state index >= 15 is 0 Å². The average molecular weight is 416 g/mol. The topological polar surface area (TPSA) is 85.6 Å². The normalized spacial score (nSPS) is 32.9. The molecule has 4 fully saturated rings. The zero-order valence-corrected chi connectivity index (χ0v) is 18.9. The first-order chi connectivity index (χ1) is 13.3. The molecule has 4 N–H and O–H groups in total. The first kappa shape index (κ1) is 22.6. The third-order valence-corrected chi connectivity index (χ3v) is 8.75. The Kier molecular flexibility index (Phi) is 7.59. The lowest BCUT2D eigenvalue weighted by molar-refractivity contribution is 0.119. The highest BCUT2D eigenvalue weighted by molar-refractivity contribution is 7.84. The third-order valence-electron chi connectivity index (χ3n) is 7.14. The number of ether oxygens (including phenoxy) is 2. The Morgan fingerprint density at radius 3 is 2.14 bits per heavy atom. The van der Waals surface area contributed by atoms with E-state index in [1.807, 2.05) is 20.8 Å². The van der Waals surface area contributed by atoms with Crippen LogP contribution in [0.25, 0.3) is 0 Å². The molecule has 1 saturated carbocycles. The summed E-state index contributed by atoms with van der Waals surface area (Å²) in [6.45, 7) is 11.5. The molecule has 0 amide bonds. The summed E-state index contributed by atoms with van der Waals surface area (Å²) in [7, 11) is -0.985. The molecule has 3 aliphatic heterocycles. The summed E-state index contributed by atoms with van der Waals surface area (Å²) in [4.78, 5) is 0. The van der Waals surface area contributed by atoms with E-state index in [1.165, 1.54) is 44.9 Å². The van der Waals surface area contributed by atoms with Crippen LogP contribution >= 0.6 is 0 Å². The molecule has 28 heavy (non-hydrogen) atoms. The van der Waals surface area contributed by atoms with Crippen LogP contribution in [0.2, 0.25) is 0 Å². The Labute approximate surface area is 173 Å². The van der Waals surface area contributed by atoms with Crippen molar-refractivity contribution in [3.63, 3.8) is 0 Å². The number of nitrogens with one attached hydrogen (secondary N) is 2. The minimum atomic E-state index is -0.985. The van der Waals surface area contributed by atoms with Gasteiger partial charge in [-0.25, -0.2) is 8.93 Å². The zero-order chi connectivity index (χ0) is 20.3. The number of hydrogen-bond donors (Lipinski definition) is 3. The molecule has 3 atom stereocenters. The van der Waals surface area contributed by atoms with E-state index in [4.69, 9.17) is 15.2 Å². The van der Waals surface area contributed by atoms with Crippen LogP contribution < -0.4 is 15.8 Å². The Morgan fingerprint density at radius 2 is 1.57 bits per heavy atom. The predicted octanol–water partition coefficient (Wildman–Crippen LogP) is 2.10. The number of hydrogen-bond acceptors (Lipinski definition) is 5. The molecule has 4 aliphatic rings. The molecule has 1 aliphatic carbocycles. The van der Waals surface area contributed by atoms with Gasteiger partial charge in [0.15, 0.2) is 0 Å². The van der Waals surface area contributed by atoms with E-state index in [0.29, 0.717) is 5.41 Å². The summed E-state index contributed by atoms with van der Waals surface area (Å²) in [6.07, 6.45) is 8.77. The maximum absolute atomic E-state index is 12.2. The molecule has 0 aromatic heterocycles. The minimum Gasteiger partial charge on any atom is -0.379 e. The lowest BCUT2D eigenvalue weighted by Crippen LogP contribution is -2.49. The van der Waals surface area contributed by atoms with Gasteiger partial charge in [0.2, 0.25) is 0 Å². The molecule has 0 radical (unpaired) electrons. The maximum Gasteiger partial charge on any atom is 0.0973 e. The summed E-state index contributed by atoms with van der Waals surface area (Å²) < 4.78 is 26.4. The Hall–Kier alpha value is -0.0500. The third kappa shape index (κ3) is 5.16. The van der Waals surface area contributed by atoms with Gasteiger partial charge in [-0.3, -0.25) is 0 Å². The molecule has 3 heterocycles. The van der Waals surface area contributed by atoms with Crippen LogP contribution in [0.3, 0.4) is 0 Å². The van der Waals surface area contributed by atoms with Gasteiger partial charge in [-0.1, -0.05) is 19.3 Å². The summed E-state index contributed by atoms with van der Waals surface area (Å²) in [5, 5.41) is 3.35. The van der Waals surface area contributed by atoms with Crippen molar-refractivity contribution < 1.29 is 13.7 Å².